The average Bonchev–Trinajstić information content (AvgIpc) is 3.34. The summed E-state index contributed by atoms with van der Waals surface area (Å²) in [6, 6.07) is 14.2. The smallest absolute Gasteiger partial charge is 0.324 e. The number of nitrogens with one attached hydrogen (secondary N) is 1. The van der Waals surface area contributed by atoms with Crippen molar-refractivity contribution in [2.75, 3.05) is 36.5 Å². The molecule has 5 rings (SSSR count). The van der Waals surface area contributed by atoms with Gasteiger partial charge in [0.1, 0.15) is 13.2 Å². The van der Waals surface area contributed by atoms with Crippen molar-refractivity contribution in [2.45, 2.75) is 32.6 Å². The van der Waals surface area contributed by atoms with Crippen LogP contribution in [0.3, 0.4) is 0 Å². The van der Waals surface area contributed by atoms with Gasteiger partial charge in [-0.1, -0.05) is 43.3 Å². The lowest BCUT2D eigenvalue weighted by atomic mass is 9.96. The van der Waals surface area contributed by atoms with Gasteiger partial charge in [-0.2, -0.15) is 4.98 Å². The minimum absolute atomic E-state index is 0.0165. The van der Waals surface area contributed by atoms with Gasteiger partial charge >= 0.3 is 6.01 Å². The average molecular weight is 449 g/mol. The third-order valence-corrected chi connectivity index (χ3v) is 6.20. The van der Waals surface area contributed by atoms with Gasteiger partial charge in [0.2, 0.25) is 11.7 Å². The number of anilines is 2. The van der Waals surface area contributed by atoms with E-state index in [0.29, 0.717) is 55.6 Å². The van der Waals surface area contributed by atoms with Crippen molar-refractivity contribution >= 4 is 17.6 Å². The molecule has 2 aliphatic rings. The summed E-state index contributed by atoms with van der Waals surface area (Å²) in [5.41, 5.74) is 2.93. The second-order valence-electron chi connectivity index (χ2n) is 8.79. The van der Waals surface area contributed by atoms with E-state index in [-0.39, 0.29) is 11.8 Å². The molecule has 1 saturated heterocycles. The largest absolute Gasteiger partial charge is 0.486 e. The molecule has 172 valence electrons. The number of hydrogen-bond acceptors (Lipinski definition) is 7. The molecule has 2 aromatic carbocycles. The van der Waals surface area contributed by atoms with E-state index in [2.05, 4.69) is 41.4 Å². The summed E-state index contributed by atoms with van der Waals surface area (Å²) >= 11 is 0. The molecule has 0 spiro atoms. The summed E-state index contributed by atoms with van der Waals surface area (Å²) in [6.45, 7) is 6.77. The van der Waals surface area contributed by atoms with Crippen LogP contribution in [0.1, 0.15) is 38.2 Å². The van der Waals surface area contributed by atoms with Crippen LogP contribution in [0.5, 0.6) is 11.5 Å². The molecule has 0 saturated carbocycles. The minimum Gasteiger partial charge on any atom is -0.486 e. The fourth-order valence-electron chi connectivity index (χ4n) is 4.18. The van der Waals surface area contributed by atoms with Gasteiger partial charge in [0.05, 0.1) is 0 Å². The summed E-state index contributed by atoms with van der Waals surface area (Å²) < 4.78 is 16.7. The van der Waals surface area contributed by atoms with Crippen molar-refractivity contribution in [1.29, 1.82) is 0 Å². The maximum atomic E-state index is 12.8. The fourth-order valence-corrected chi connectivity index (χ4v) is 4.18. The summed E-state index contributed by atoms with van der Waals surface area (Å²) in [5.74, 6) is 2.39. The van der Waals surface area contributed by atoms with Gasteiger partial charge < -0.3 is 24.2 Å². The Morgan fingerprint density at radius 2 is 1.76 bits per heavy atom. The lowest BCUT2D eigenvalue weighted by Gasteiger charge is -2.29. The molecule has 33 heavy (non-hydrogen) atoms. The highest BCUT2D eigenvalue weighted by Gasteiger charge is 2.28. The van der Waals surface area contributed by atoms with Crippen LogP contribution in [0, 0.1) is 5.92 Å². The Bertz CT molecular complexity index is 1120. The molecule has 1 fully saturated rings. The van der Waals surface area contributed by atoms with E-state index in [4.69, 9.17) is 14.0 Å². The first-order valence-corrected chi connectivity index (χ1v) is 11.5. The van der Waals surface area contributed by atoms with Crippen molar-refractivity contribution in [1.82, 2.24) is 10.1 Å². The molecule has 0 atom stereocenters. The van der Waals surface area contributed by atoms with Gasteiger partial charge in [-0.3, -0.25) is 4.79 Å². The third-order valence-electron chi connectivity index (χ3n) is 6.20. The Morgan fingerprint density at radius 3 is 2.48 bits per heavy atom. The molecule has 0 unspecified atom stereocenters. The van der Waals surface area contributed by atoms with E-state index in [1.54, 1.807) is 0 Å². The molecule has 0 radical (unpaired) electrons. The van der Waals surface area contributed by atoms with Gasteiger partial charge in [-0.05, 0) is 36.5 Å². The Kier molecular flexibility index (Phi) is 5.90. The van der Waals surface area contributed by atoms with Crippen LogP contribution in [-0.2, 0) is 4.79 Å². The van der Waals surface area contributed by atoms with Crippen LogP contribution in [0.15, 0.2) is 47.0 Å². The minimum atomic E-state index is -0.0691. The first-order chi connectivity index (χ1) is 16.1. The van der Waals surface area contributed by atoms with Crippen molar-refractivity contribution in [3.8, 4) is 22.9 Å². The number of carbonyl (C=O) groups excluding carboxylic acids is 1. The zero-order valence-corrected chi connectivity index (χ0v) is 18.9. The topological polar surface area (TPSA) is 89.7 Å². The van der Waals surface area contributed by atoms with Crippen molar-refractivity contribution in [3.05, 3.63) is 48.0 Å². The van der Waals surface area contributed by atoms with Crippen LogP contribution in [-0.4, -0.2) is 42.4 Å². The maximum absolute atomic E-state index is 12.8. The number of fused-ring (bicyclic) bond motifs is 1. The predicted octanol–water partition coefficient (Wildman–Crippen LogP) is 4.49. The van der Waals surface area contributed by atoms with Crippen LogP contribution < -0.4 is 19.7 Å². The van der Waals surface area contributed by atoms with E-state index in [1.165, 1.54) is 5.56 Å². The maximum Gasteiger partial charge on any atom is 0.324 e. The molecule has 8 nitrogen and oxygen atoms in total. The monoisotopic (exact) mass is 448 g/mol. The second-order valence-corrected chi connectivity index (χ2v) is 8.79. The van der Waals surface area contributed by atoms with Gasteiger partial charge in [-0.25, -0.2) is 0 Å². The Morgan fingerprint density at radius 1 is 1.03 bits per heavy atom. The van der Waals surface area contributed by atoms with Gasteiger partial charge in [0.25, 0.3) is 0 Å². The molecule has 0 aliphatic carbocycles. The van der Waals surface area contributed by atoms with Crippen molar-refractivity contribution in [3.63, 3.8) is 0 Å². The van der Waals surface area contributed by atoms with Crippen LogP contribution >= 0.6 is 0 Å². The quantitative estimate of drug-likeness (QED) is 0.615. The lowest BCUT2D eigenvalue weighted by molar-refractivity contribution is -0.120. The fraction of sp³-hybridized carbons (Fsp3) is 0.400. The Hall–Kier alpha value is -3.55. The first-order valence-electron chi connectivity index (χ1n) is 11.5. The highest BCUT2D eigenvalue weighted by molar-refractivity contribution is 5.93. The number of carbonyl (C=O) groups is 1. The van der Waals surface area contributed by atoms with E-state index >= 15 is 0 Å². The van der Waals surface area contributed by atoms with E-state index in [0.717, 1.165) is 24.1 Å². The molecule has 3 aromatic rings. The summed E-state index contributed by atoms with van der Waals surface area (Å²) in [6.07, 6.45) is 1.44. The van der Waals surface area contributed by atoms with Crippen LogP contribution in [0.25, 0.3) is 11.4 Å². The normalized spacial score (nSPS) is 16.2. The molecule has 2 aliphatic heterocycles. The van der Waals surface area contributed by atoms with Gasteiger partial charge in [0.15, 0.2) is 11.5 Å². The molecular formula is C25H28N4O4. The number of hydrogen-bond donors (Lipinski definition) is 1. The van der Waals surface area contributed by atoms with E-state index < -0.39 is 0 Å². The number of nitrogens with zero attached hydrogens (tertiary/aromatic N) is 3. The van der Waals surface area contributed by atoms with Crippen LogP contribution in [0.2, 0.25) is 0 Å². The van der Waals surface area contributed by atoms with Crippen molar-refractivity contribution in [2.24, 2.45) is 5.92 Å². The van der Waals surface area contributed by atoms with Gasteiger partial charge in [-0.15, -0.1) is 0 Å². The highest BCUT2D eigenvalue weighted by Crippen LogP contribution is 2.33. The van der Waals surface area contributed by atoms with Crippen molar-refractivity contribution < 1.29 is 18.8 Å². The molecule has 8 heteroatoms. The highest BCUT2D eigenvalue weighted by atomic mass is 16.6. The summed E-state index contributed by atoms with van der Waals surface area (Å²) in [4.78, 5) is 19.4. The molecule has 1 amide bonds. The SMILES string of the molecule is CC(C)c1ccc(-c2noc(N3CCC(C(=O)Nc4ccc5c(c4)OCCO5)CC3)n2)cc1. The lowest BCUT2D eigenvalue weighted by Crippen LogP contribution is -2.38. The number of rotatable bonds is 5. The molecule has 0 bridgehead atoms. The molecule has 1 N–H and O–H groups in total. The van der Waals surface area contributed by atoms with E-state index in [1.807, 2.05) is 35.2 Å². The second kappa shape index (κ2) is 9.13. The zero-order chi connectivity index (χ0) is 22.8. The number of amides is 1. The number of ether oxygens (including phenoxy) is 2. The number of benzene rings is 2. The standard InChI is InChI=1S/C25H28N4O4/c1-16(2)17-3-5-18(6-4-17)23-27-25(33-28-23)29-11-9-19(10-12-29)24(30)26-20-7-8-21-22(15-20)32-14-13-31-21/h3-8,15-16,19H,9-14H2,1-2H3,(H,26,30). The number of piperidine rings is 1. The molecule has 3 heterocycles. The number of aromatic nitrogens is 2. The predicted molar refractivity (Wildman–Crippen MR) is 125 cm³/mol. The zero-order valence-electron chi connectivity index (χ0n) is 18.9. The Balaban J connectivity index is 1.17. The molecular weight excluding hydrogens is 420 g/mol. The van der Waals surface area contributed by atoms with Crippen LogP contribution in [0.4, 0.5) is 11.7 Å². The summed E-state index contributed by atoms with van der Waals surface area (Å²) in [5, 5.41) is 7.16. The first kappa shape index (κ1) is 21.3. The third kappa shape index (κ3) is 4.65. The Labute approximate surface area is 192 Å². The van der Waals surface area contributed by atoms with E-state index in [9.17, 15) is 4.79 Å². The summed E-state index contributed by atoms with van der Waals surface area (Å²) in [7, 11) is 0. The van der Waals surface area contributed by atoms with Gasteiger partial charge in [0, 0.05) is 36.3 Å². The molecule has 1 aromatic heterocycles.